The van der Waals surface area contributed by atoms with E-state index in [2.05, 4.69) is 25.8 Å². The van der Waals surface area contributed by atoms with E-state index in [0.717, 1.165) is 24.0 Å². The van der Waals surface area contributed by atoms with Gasteiger partial charge in [-0.25, -0.2) is 4.98 Å². The van der Waals surface area contributed by atoms with Crippen molar-refractivity contribution in [1.29, 1.82) is 0 Å². The van der Waals surface area contributed by atoms with Crippen LogP contribution in [0.5, 0.6) is 0 Å². The van der Waals surface area contributed by atoms with Crippen molar-refractivity contribution in [3.05, 3.63) is 35.9 Å². The topological polar surface area (TPSA) is 34.4 Å². The standard InChI is InChI=1S/C13H16N2O/c1-13(2,3)7-12-14-8-11-6-10(9-16)4-5-15(11)12/h4-6,8-9H,7H2,1-3H3. The molecule has 2 heterocycles. The van der Waals surface area contributed by atoms with Gasteiger partial charge in [0, 0.05) is 18.2 Å². The van der Waals surface area contributed by atoms with Gasteiger partial charge in [0.2, 0.25) is 0 Å². The Kier molecular flexibility index (Phi) is 2.54. The lowest BCUT2D eigenvalue weighted by atomic mass is 9.92. The van der Waals surface area contributed by atoms with Crippen LogP contribution in [0.1, 0.15) is 37.0 Å². The predicted molar refractivity (Wildman–Crippen MR) is 63.7 cm³/mol. The summed E-state index contributed by atoms with van der Waals surface area (Å²) >= 11 is 0. The predicted octanol–water partition coefficient (Wildman–Crippen LogP) is 2.74. The Morgan fingerprint density at radius 1 is 1.44 bits per heavy atom. The Balaban J connectivity index is 2.45. The molecular formula is C13H16N2O. The summed E-state index contributed by atoms with van der Waals surface area (Å²) in [5.74, 6) is 1.04. The Bertz CT molecular complexity index is 520. The third-order valence-electron chi connectivity index (χ3n) is 2.46. The number of fused-ring (bicyclic) bond motifs is 1. The average molecular weight is 216 g/mol. The molecule has 0 unspecified atom stereocenters. The van der Waals surface area contributed by atoms with E-state index < -0.39 is 0 Å². The van der Waals surface area contributed by atoms with Gasteiger partial charge in [-0.15, -0.1) is 0 Å². The molecule has 84 valence electrons. The molecule has 0 bridgehead atoms. The SMILES string of the molecule is CC(C)(C)Cc1ncc2cc(C=O)ccn12. The molecule has 3 heteroatoms. The summed E-state index contributed by atoms with van der Waals surface area (Å²) in [7, 11) is 0. The van der Waals surface area contributed by atoms with Crippen LogP contribution < -0.4 is 0 Å². The minimum atomic E-state index is 0.213. The highest BCUT2D eigenvalue weighted by molar-refractivity contribution is 5.77. The van der Waals surface area contributed by atoms with Crippen molar-refractivity contribution in [1.82, 2.24) is 9.38 Å². The molecule has 0 saturated heterocycles. The zero-order valence-corrected chi connectivity index (χ0v) is 9.90. The molecule has 0 spiro atoms. The van der Waals surface area contributed by atoms with E-state index in [4.69, 9.17) is 0 Å². The summed E-state index contributed by atoms with van der Waals surface area (Å²) in [4.78, 5) is 15.1. The van der Waals surface area contributed by atoms with Gasteiger partial charge in [-0.1, -0.05) is 20.8 Å². The van der Waals surface area contributed by atoms with Crippen LogP contribution in [0, 0.1) is 5.41 Å². The molecule has 0 radical (unpaired) electrons. The van der Waals surface area contributed by atoms with Crippen molar-refractivity contribution in [3.63, 3.8) is 0 Å². The van der Waals surface area contributed by atoms with Gasteiger partial charge in [-0.3, -0.25) is 4.79 Å². The Labute approximate surface area is 95.1 Å². The Hall–Kier alpha value is -1.64. The monoisotopic (exact) mass is 216 g/mol. The van der Waals surface area contributed by atoms with E-state index in [1.165, 1.54) is 0 Å². The first-order valence-corrected chi connectivity index (χ1v) is 5.41. The van der Waals surface area contributed by atoms with Crippen LogP contribution in [-0.2, 0) is 6.42 Å². The first-order chi connectivity index (χ1) is 7.49. The molecule has 0 amide bonds. The van der Waals surface area contributed by atoms with Gasteiger partial charge in [0.15, 0.2) is 0 Å². The summed E-state index contributed by atoms with van der Waals surface area (Å²) in [6.45, 7) is 6.57. The van der Waals surface area contributed by atoms with E-state index in [1.54, 1.807) is 0 Å². The van der Waals surface area contributed by atoms with Gasteiger partial charge in [0.25, 0.3) is 0 Å². The second-order valence-electron chi connectivity index (χ2n) is 5.28. The first-order valence-electron chi connectivity index (χ1n) is 5.41. The summed E-state index contributed by atoms with van der Waals surface area (Å²) in [5, 5.41) is 0. The second-order valence-corrected chi connectivity index (χ2v) is 5.28. The molecule has 16 heavy (non-hydrogen) atoms. The Morgan fingerprint density at radius 2 is 2.19 bits per heavy atom. The quantitative estimate of drug-likeness (QED) is 0.723. The smallest absolute Gasteiger partial charge is 0.150 e. The number of aromatic nitrogens is 2. The highest BCUT2D eigenvalue weighted by Gasteiger charge is 2.15. The van der Waals surface area contributed by atoms with Gasteiger partial charge < -0.3 is 4.40 Å². The molecule has 0 aromatic carbocycles. The van der Waals surface area contributed by atoms with Gasteiger partial charge in [-0.05, 0) is 17.5 Å². The molecule has 0 atom stereocenters. The number of nitrogens with zero attached hydrogens (tertiary/aromatic N) is 2. The molecule has 2 rings (SSSR count). The lowest BCUT2D eigenvalue weighted by molar-refractivity contribution is 0.112. The third kappa shape index (κ3) is 2.13. The van der Waals surface area contributed by atoms with Gasteiger partial charge in [-0.2, -0.15) is 0 Å². The van der Waals surface area contributed by atoms with E-state index >= 15 is 0 Å². The summed E-state index contributed by atoms with van der Waals surface area (Å²) in [5.41, 5.74) is 1.88. The minimum Gasteiger partial charge on any atom is -0.304 e. The average Bonchev–Trinajstić information content (AvgIpc) is 2.58. The van der Waals surface area contributed by atoms with Crippen LogP contribution in [0.2, 0.25) is 0 Å². The van der Waals surface area contributed by atoms with Crippen molar-refractivity contribution in [2.45, 2.75) is 27.2 Å². The maximum absolute atomic E-state index is 10.7. The van der Waals surface area contributed by atoms with Crippen LogP contribution >= 0.6 is 0 Å². The number of carbonyl (C=O) groups excluding carboxylic acids is 1. The molecule has 0 aliphatic rings. The molecular weight excluding hydrogens is 200 g/mol. The molecule has 0 fully saturated rings. The molecule has 0 aliphatic heterocycles. The second kappa shape index (κ2) is 3.74. The highest BCUT2D eigenvalue weighted by atomic mass is 16.1. The van der Waals surface area contributed by atoms with E-state index in [9.17, 15) is 4.79 Å². The number of rotatable bonds is 2. The zero-order valence-electron chi connectivity index (χ0n) is 9.90. The number of carbonyl (C=O) groups is 1. The fourth-order valence-electron chi connectivity index (χ4n) is 1.75. The first kappa shape index (κ1) is 10.9. The molecule has 0 saturated carbocycles. The fraction of sp³-hybridized carbons (Fsp3) is 0.385. The van der Waals surface area contributed by atoms with Crippen LogP contribution in [0.25, 0.3) is 5.52 Å². The van der Waals surface area contributed by atoms with Crippen molar-refractivity contribution in [3.8, 4) is 0 Å². The molecule has 2 aromatic rings. The molecule has 0 aliphatic carbocycles. The third-order valence-corrected chi connectivity index (χ3v) is 2.46. The number of hydrogen-bond donors (Lipinski definition) is 0. The zero-order chi connectivity index (χ0) is 11.8. The number of pyridine rings is 1. The largest absolute Gasteiger partial charge is 0.304 e. The van der Waals surface area contributed by atoms with E-state index in [1.807, 2.05) is 28.9 Å². The molecule has 3 nitrogen and oxygen atoms in total. The van der Waals surface area contributed by atoms with Crippen molar-refractivity contribution in [2.75, 3.05) is 0 Å². The maximum Gasteiger partial charge on any atom is 0.150 e. The number of hydrogen-bond acceptors (Lipinski definition) is 2. The van der Waals surface area contributed by atoms with Crippen LogP contribution in [-0.4, -0.2) is 15.7 Å². The maximum atomic E-state index is 10.7. The molecule has 2 aromatic heterocycles. The summed E-state index contributed by atoms with van der Waals surface area (Å²) in [6.07, 6.45) is 5.50. The summed E-state index contributed by atoms with van der Waals surface area (Å²) < 4.78 is 2.04. The fourth-order valence-corrected chi connectivity index (χ4v) is 1.75. The van der Waals surface area contributed by atoms with Crippen molar-refractivity contribution < 1.29 is 4.79 Å². The van der Waals surface area contributed by atoms with Gasteiger partial charge in [0.05, 0.1) is 11.7 Å². The lowest BCUT2D eigenvalue weighted by Crippen LogP contribution is -2.11. The number of imidazole rings is 1. The van der Waals surface area contributed by atoms with Crippen LogP contribution in [0.4, 0.5) is 0 Å². The number of aldehydes is 1. The van der Waals surface area contributed by atoms with Crippen LogP contribution in [0.3, 0.4) is 0 Å². The van der Waals surface area contributed by atoms with Crippen molar-refractivity contribution >= 4 is 11.8 Å². The van der Waals surface area contributed by atoms with E-state index in [0.29, 0.717) is 5.56 Å². The van der Waals surface area contributed by atoms with Crippen LogP contribution in [0.15, 0.2) is 24.5 Å². The lowest BCUT2D eigenvalue weighted by Gasteiger charge is -2.16. The summed E-state index contributed by atoms with van der Waals surface area (Å²) in [6, 6.07) is 3.67. The Morgan fingerprint density at radius 3 is 2.81 bits per heavy atom. The normalized spacial score (nSPS) is 11.9. The highest BCUT2D eigenvalue weighted by Crippen LogP contribution is 2.20. The van der Waals surface area contributed by atoms with Crippen molar-refractivity contribution in [2.24, 2.45) is 5.41 Å². The van der Waals surface area contributed by atoms with Gasteiger partial charge in [0.1, 0.15) is 12.1 Å². The van der Waals surface area contributed by atoms with E-state index in [-0.39, 0.29) is 5.41 Å². The van der Waals surface area contributed by atoms with Gasteiger partial charge >= 0.3 is 0 Å². The molecule has 0 N–H and O–H groups in total. The minimum absolute atomic E-state index is 0.213.